The summed E-state index contributed by atoms with van der Waals surface area (Å²) in [6.45, 7) is 5.21. The van der Waals surface area contributed by atoms with Gasteiger partial charge in [0.15, 0.2) is 0 Å². The summed E-state index contributed by atoms with van der Waals surface area (Å²) in [5.41, 5.74) is 15.8. The fraction of sp³-hybridized carbons (Fsp3) is 0.0179. The fourth-order valence-corrected chi connectivity index (χ4v) is 8.08. The Kier molecular flexibility index (Phi) is 9.35. The van der Waals surface area contributed by atoms with Gasteiger partial charge in [0.2, 0.25) is 0 Å². The van der Waals surface area contributed by atoms with E-state index in [1.54, 1.807) is 0 Å². The molecule has 0 saturated heterocycles. The first-order chi connectivity index (χ1) is 29.2. The van der Waals surface area contributed by atoms with Gasteiger partial charge in [0.05, 0.1) is 22.4 Å². The second-order valence-electron chi connectivity index (χ2n) is 14.7. The first-order valence-electron chi connectivity index (χ1n) is 19.9. The molecule has 0 atom stereocenters. The minimum absolute atomic E-state index is 0.699. The summed E-state index contributed by atoms with van der Waals surface area (Å²) in [6.07, 6.45) is 8.44. The van der Waals surface area contributed by atoms with Crippen molar-refractivity contribution in [2.75, 3.05) is 11.4 Å². The molecule has 3 heteroatoms. The van der Waals surface area contributed by atoms with E-state index in [-0.39, 0.29) is 0 Å². The molecule has 0 N–H and O–H groups in total. The van der Waals surface area contributed by atoms with Crippen LogP contribution in [0.2, 0.25) is 0 Å². The number of nitrogens with zero attached hydrogens (tertiary/aromatic N) is 3. The lowest BCUT2D eigenvalue weighted by atomic mass is 9.99. The second kappa shape index (κ2) is 15.5. The molecule has 1 aliphatic heterocycles. The number of para-hydroxylation sites is 2. The predicted molar refractivity (Wildman–Crippen MR) is 248 cm³/mol. The van der Waals surface area contributed by atoms with E-state index in [2.05, 4.69) is 204 Å². The molecule has 2 aromatic heterocycles. The number of allylic oxidation sites excluding steroid dienone is 4. The summed E-state index contributed by atoms with van der Waals surface area (Å²) in [6, 6.07) is 66.2. The zero-order valence-corrected chi connectivity index (χ0v) is 32.5. The Morgan fingerprint density at radius 3 is 1.86 bits per heavy atom. The van der Waals surface area contributed by atoms with Crippen LogP contribution in [0.3, 0.4) is 0 Å². The minimum Gasteiger partial charge on any atom is -0.337 e. The molecule has 0 spiro atoms. The molecule has 0 bridgehead atoms. The Morgan fingerprint density at radius 2 is 1.10 bits per heavy atom. The molecule has 0 unspecified atom stereocenters. The smallest absolute Gasteiger partial charge is 0.0721 e. The highest BCUT2D eigenvalue weighted by Gasteiger charge is 2.18. The van der Waals surface area contributed by atoms with E-state index >= 15 is 0 Å². The summed E-state index contributed by atoms with van der Waals surface area (Å²) in [7, 11) is 0. The molecule has 1 aliphatic rings. The molecule has 59 heavy (non-hydrogen) atoms. The predicted octanol–water partition coefficient (Wildman–Crippen LogP) is 13.9. The van der Waals surface area contributed by atoms with Crippen LogP contribution < -0.4 is 4.90 Å². The van der Waals surface area contributed by atoms with E-state index in [0.29, 0.717) is 6.54 Å². The van der Waals surface area contributed by atoms with Gasteiger partial charge in [-0.1, -0.05) is 158 Å². The van der Waals surface area contributed by atoms with Crippen LogP contribution in [0.25, 0.3) is 66.7 Å². The second-order valence-corrected chi connectivity index (χ2v) is 14.7. The third-order valence-electron chi connectivity index (χ3n) is 11.0. The van der Waals surface area contributed by atoms with Crippen molar-refractivity contribution in [3.8, 4) is 51.2 Å². The van der Waals surface area contributed by atoms with Gasteiger partial charge >= 0.3 is 0 Å². The molecule has 0 amide bonds. The third-order valence-corrected chi connectivity index (χ3v) is 11.0. The van der Waals surface area contributed by atoms with Gasteiger partial charge < -0.3 is 9.47 Å². The Bertz CT molecular complexity index is 3080. The van der Waals surface area contributed by atoms with Gasteiger partial charge in [-0.05, 0) is 89.5 Å². The number of hydrogen-bond acceptors (Lipinski definition) is 2. The minimum atomic E-state index is 0.699. The molecule has 0 saturated carbocycles. The molecule has 10 rings (SSSR count). The molecule has 9 aromatic rings. The molecule has 3 nitrogen and oxygen atoms in total. The van der Waals surface area contributed by atoms with Crippen LogP contribution in [0.15, 0.2) is 219 Å². The van der Waals surface area contributed by atoms with Crippen LogP contribution in [0.5, 0.6) is 0 Å². The topological polar surface area (TPSA) is 21.1 Å². The number of aromatic nitrogens is 2. The van der Waals surface area contributed by atoms with E-state index in [0.717, 1.165) is 67.4 Å². The van der Waals surface area contributed by atoms with Gasteiger partial charge in [0, 0.05) is 62.2 Å². The number of rotatable bonds is 5. The number of hydrogen-bond donors (Lipinski definition) is 0. The van der Waals surface area contributed by atoms with E-state index < -0.39 is 0 Å². The summed E-state index contributed by atoms with van der Waals surface area (Å²) in [5.74, 6) is 6.97. The summed E-state index contributed by atoms with van der Waals surface area (Å²) < 4.78 is 2.36. The summed E-state index contributed by atoms with van der Waals surface area (Å²) in [5, 5.41) is 2.48. The summed E-state index contributed by atoms with van der Waals surface area (Å²) in [4.78, 5) is 7.39. The quantitative estimate of drug-likeness (QED) is 0.163. The zero-order valence-electron chi connectivity index (χ0n) is 32.5. The van der Waals surface area contributed by atoms with Crippen LogP contribution in [0.4, 0.5) is 11.4 Å². The van der Waals surface area contributed by atoms with Gasteiger partial charge in [-0.25, -0.2) is 4.98 Å². The normalized spacial score (nSPS) is 13.5. The lowest BCUT2D eigenvalue weighted by molar-refractivity contribution is 1.09. The lowest BCUT2D eigenvalue weighted by Gasteiger charge is -2.27. The van der Waals surface area contributed by atoms with Crippen molar-refractivity contribution in [2.24, 2.45) is 0 Å². The van der Waals surface area contributed by atoms with Gasteiger partial charge in [-0.15, -0.1) is 0 Å². The first-order valence-corrected chi connectivity index (χ1v) is 19.9. The van der Waals surface area contributed by atoms with Crippen molar-refractivity contribution in [2.45, 2.75) is 0 Å². The van der Waals surface area contributed by atoms with Crippen LogP contribution in [-0.2, 0) is 0 Å². The van der Waals surface area contributed by atoms with Crippen LogP contribution in [-0.4, -0.2) is 16.1 Å². The van der Waals surface area contributed by atoms with Gasteiger partial charge in [0.25, 0.3) is 0 Å². The van der Waals surface area contributed by atoms with Gasteiger partial charge in [-0.3, -0.25) is 0 Å². The molecular weight excluding hydrogens is 715 g/mol. The zero-order chi connectivity index (χ0) is 39.5. The van der Waals surface area contributed by atoms with E-state index in [1.165, 1.54) is 27.4 Å². The van der Waals surface area contributed by atoms with E-state index in [4.69, 9.17) is 4.98 Å². The van der Waals surface area contributed by atoms with Crippen LogP contribution in [0, 0.1) is 11.8 Å². The maximum Gasteiger partial charge on any atom is 0.0721 e. The number of fused-ring (bicyclic) bond motifs is 4. The van der Waals surface area contributed by atoms with Crippen molar-refractivity contribution in [1.29, 1.82) is 0 Å². The Balaban J connectivity index is 1.02. The average molecular weight is 754 g/mol. The van der Waals surface area contributed by atoms with Crippen molar-refractivity contribution in [3.63, 3.8) is 0 Å². The van der Waals surface area contributed by atoms with Crippen molar-refractivity contribution >= 4 is 38.8 Å². The molecule has 278 valence electrons. The largest absolute Gasteiger partial charge is 0.337 e. The SMILES string of the molecule is C=C1/C=C\C=C/CN(c2cccc(-c3ccc4c(c3)c3ccccc3n4-c3ccccc3)c2)c2ccc(C#Cc3cc(-c4ccccc4)nc(-c4ccccc4)c3)cc21. The highest BCUT2D eigenvalue weighted by Crippen LogP contribution is 2.38. The van der Waals surface area contributed by atoms with E-state index in [1.807, 2.05) is 36.4 Å². The Labute approximate surface area is 345 Å². The lowest BCUT2D eigenvalue weighted by Crippen LogP contribution is -2.18. The average Bonchev–Trinajstić information content (AvgIpc) is 3.67. The molecule has 0 radical (unpaired) electrons. The monoisotopic (exact) mass is 753 g/mol. The highest BCUT2D eigenvalue weighted by atomic mass is 15.1. The molecule has 0 aliphatic carbocycles. The standard InChI is InChI=1S/C56H39N3/c1-40-17-6-5-15-34-58(48-25-16-22-45(38-48)46-31-33-56-51(39-46)49-26-13-14-27-55(49)59(56)47-23-11-4-12-24-47)54-32-30-41(35-50(40)54)28-29-42-36-52(43-18-7-2-8-19-43)57-53(37-42)44-20-9-3-10-21-44/h2-27,30-33,35-39H,1,34H2/b15-5-,17-6-. The number of benzene rings is 7. The number of anilines is 2. The Hall–Kier alpha value is -7.93. The fourth-order valence-electron chi connectivity index (χ4n) is 8.08. The molecule has 3 heterocycles. The van der Waals surface area contributed by atoms with Crippen molar-refractivity contribution < 1.29 is 0 Å². The molecule has 7 aromatic carbocycles. The molecular formula is C56H39N3. The van der Waals surface area contributed by atoms with E-state index in [9.17, 15) is 0 Å². The molecule has 0 fully saturated rings. The highest BCUT2D eigenvalue weighted by molar-refractivity contribution is 6.10. The number of pyridine rings is 1. The Morgan fingerprint density at radius 1 is 0.475 bits per heavy atom. The van der Waals surface area contributed by atoms with Crippen LogP contribution >= 0.6 is 0 Å². The third kappa shape index (κ3) is 7.05. The van der Waals surface area contributed by atoms with Crippen molar-refractivity contribution in [1.82, 2.24) is 9.55 Å². The van der Waals surface area contributed by atoms with Gasteiger partial charge in [-0.2, -0.15) is 0 Å². The van der Waals surface area contributed by atoms with Crippen LogP contribution in [0.1, 0.15) is 16.7 Å². The van der Waals surface area contributed by atoms with Crippen molar-refractivity contribution in [3.05, 3.63) is 236 Å². The van der Waals surface area contributed by atoms with Gasteiger partial charge in [0.1, 0.15) is 0 Å². The maximum atomic E-state index is 5.03. The first kappa shape index (κ1) is 35.5. The summed E-state index contributed by atoms with van der Waals surface area (Å²) >= 11 is 0. The maximum absolute atomic E-state index is 5.03.